The van der Waals surface area contributed by atoms with E-state index in [1.54, 1.807) is 0 Å². The van der Waals surface area contributed by atoms with Gasteiger partial charge in [-0.1, -0.05) is 99.6 Å². The zero-order chi connectivity index (χ0) is 27.6. The third-order valence-corrected chi connectivity index (χ3v) is 8.89. The SMILES string of the molecule is CC(C)(C)C(C)(C)O[B]c1cccc2oc3ccc(-c4cc5c6ccccc6ccc5c5ccccc45)cc3c12. The Kier molecular flexibility index (Phi) is 5.59. The van der Waals surface area contributed by atoms with Crippen molar-refractivity contribution in [1.82, 2.24) is 0 Å². The van der Waals surface area contributed by atoms with Gasteiger partial charge in [0.05, 0.1) is 5.60 Å². The number of fused-ring (bicyclic) bond motifs is 8. The van der Waals surface area contributed by atoms with Crippen molar-refractivity contribution in [3.8, 4) is 11.1 Å². The largest absolute Gasteiger partial charge is 0.456 e. The molecule has 0 atom stereocenters. The summed E-state index contributed by atoms with van der Waals surface area (Å²) in [5.41, 5.74) is 4.84. The van der Waals surface area contributed by atoms with Crippen LogP contribution in [0.15, 0.2) is 108 Å². The van der Waals surface area contributed by atoms with E-state index in [4.69, 9.17) is 9.07 Å². The highest BCUT2D eigenvalue weighted by Gasteiger charge is 2.33. The molecule has 0 saturated heterocycles. The van der Waals surface area contributed by atoms with Gasteiger partial charge >= 0.3 is 7.48 Å². The van der Waals surface area contributed by atoms with Crippen LogP contribution in [-0.4, -0.2) is 13.1 Å². The summed E-state index contributed by atoms with van der Waals surface area (Å²) in [6, 6.07) is 37.0. The first-order valence-electron chi connectivity index (χ1n) is 14.0. The van der Waals surface area contributed by atoms with Gasteiger partial charge in [-0.2, -0.15) is 0 Å². The van der Waals surface area contributed by atoms with E-state index in [9.17, 15) is 0 Å². The molecule has 3 heteroatoms. The van der Waals surface area contributed by atoms with Crippen molar-refractivity contribution < 1.29 is 9.07 Å². The first-order chi connectivity index (χ1) is 19.2. The first kappa shape index (κ1) is 24.9. The summed E-state index contributed by atoms with van der Waals surface area (Å²) in [5.74, 6) is 0. The third kappa shape index (κ3) is 3.91. The maximum Gasteiger partial charge on any atom is 0.331 e. The molecule has 40 heavy (non-hydrogen) atoms. The van der Waals surface area contributed by atoms with Crippen molar-refractivity contribution in [3.05, 3.63) is 103 Å². The molecular weight excluding hydrogens is 487 g/mol. The number of furan rings is 1. The van der Waals surface area contributed by atoms with Crippen LogP contribution >= 0.6 is 0 Å². The van der Waals surface area contributed by atoms with Gasteiger partial charge in [0.1, 0.15) is 11.2 Å². The Morgan fingerprint density at radius 3 is 2.10 bits per heavy atom. The molecule has 2 nitrogen and oxygen atoms in total. The number of hydrogen-bond donors (Lipinski definition) is 0. The average molecular weight is 519 g/mol. The first-order valence-corrected chi connectivity index (χ1v) is 14.0. The molecular formula is C37H32BO2. The maximum atomic E-state index is 6.40. The van der Waals surface area contributed by atoms with Crippen molar-refractivity contribution in [2.24, 2.45) is 5.41 Å². The van der Waals surface area contributed by atoms with Crippen LogP contribution < -0.4 is 5.46 Å². The minimum absolute atomic E-state index is 0.00958. The Labute approximate surface area is 235 Å². The fourth-order valence-electron chi connectivity index (χ4n) is 5.61. The predicted molar refractivity (Wildman–Crippen MR) is 172 cm³/mol. The van der Waals surface area contributed by atoms with Gasteiger partial charge in [-0.3, -0.25) is 0 Å². The van der Waals surface area contributed by atoms with Crippen LogP contribution in [0.4, 0.5) is 0 Å². The van der Waals surface area contributed by atoms with E-state index in [-0.39, 0.29) is 11.0 Å². The van der Waals surface area contributed by atoms with Crippen molar-refractivity contribution in [1.29, 1.82) is 0 Å². The highest BCUT2D eigenvalue weighted by Crippen LogP contribution is 2.40. The lowest BCUT2D eigenvalue weighted by Gasteiger charge is -2.39. The van der Waals surface area contributed by atoms with Crippen molar-refractivity contribution in [2.75, 3.05) is 0 Å². The zero-order valence-electron chi connectivity index (χ0n) is 23.7. The van der Waals surface area contributed by atoms with Gasteiger partial charge in [0.25, 0.3) is 0 Å². The van der Waals surface area contributed by atoms with Crippen LogP contribution in [-0.2, 0) is 4.65 Å². The highest BCUT2D eigenvalue weighted by atomic mass is 16.5. The molecule has 0 bridgehead atoms. The van der Waals surface area contributed by atoms with Crippen molar-refractivity contribution >= 4 is 67.2 Å². The fraction of sp³-hybridized carbons (Fsp3) is 0.189. The van der Waals surface area contributed by atoms with E-state index in [0.717, 1.165) is 27.4 Å². The van der Waals surface area contributed by atoms with Crippen LogP contribution in [0, 0.1) is 5.41 Å². The summed E-state index contributed by atoms with van der Waals surface area (Å²) in [7, 11) is 1.91. The molecule has 0 amide bonds. The lowest BCUT2D eigenvalue weighted by atomic mass is 9.76. The second-order valence-corrected chi connectivity index (χ2v) is 12.4. The standard InChI is InChI=1S/C37H32BO2/c1-36(2,3)37(4,5)40-38-32-15-10-16-34-35(32)31-21-24(18-20-33(31)39-34)29-22-30-25-12-7-6-11-23(25)17-19-28(30)26-13-8-9-14-27(26)29/h6-22H,1-5H3. The number of rotatable bonds is 4. The Bertz CT molecular complexity index is 2070. The molecule has 0 N–H and O–H groups in total. The smallest absolute Gasteiger partial charge is 0.331 e. The van der Waals surface area contributed by atoms with Gasteiger partial charge in [-0.25, -0.2) is 0 Å². The second kappa shape index (κ2) is 8.97. The molecule has 0 aliphatic carbocycles. The molecule has 1 aromatic heterocycles. The van der Waals surface area contributed by atoms with E-state index in [1.807, 2.05) is 19.6 Å². The summed E-state index contributed by atoms with van der Waals surface area (Å²) in [4.78, 5) is 0. The lowest BCUT2D eigenvalue weighted by molar-refractivity contribution is 0.00508. The van der Waals surface area contributed by atoms with Gasteiger partial charge in [-0.15, -0.1) is 0 Å². The maximum absolute atomic E-state index is 6.40. The molecule has 0 unspecified atom stereocenters. The summed E-state index contributed by atoms with van der Waals surface area (Å²) >= 11 is 0. The Balaban J connectivity index is 1.44. The van der Waals surface area contributed by atoms with Crippen molar-refractivity contribution in [2.45, 2.75) is 40.2 Å². The fourth-order valence-corrected chi connectivity index (χ4v) is 5.61. The molecule has 0 aliphatic heterocycles. The third-order valence-electron chi connectivity index (χ3n) is 8.89. The molecule has 0 saturated carbocycles. The minimum Gasteiger partial charge on any atom is -0.456 e. The molecule has 1 heterocycles. The highest BCUT2D eigenvalue weighted by molar-refractivity contribution is 6.52. The molecule has 1 radical (unpaired) electrons. The van der Waals surface area contributed by atoms with E-state index in [0.29, 0.717) is 0 Å². The number of hydrogen-bond acceptors (Lipinski definition) is 2. The van der Waals surface area contributed by atoms with Crippen LogP contribution in [0.2, 0.25) is 0 Å². The molecule has 7 aromatic rings. The average Bonchev–Trinajstić information content (AvgIpc) is 3.33. The Hall–Kier alpha value is -4.08. The molecule has 0 fully saturated rings. The molecule has 0 spiro atoms. The molecule has 195 valence electrons. The lowest BCUT2D eigenvalue weighted by Crippen LogP contribution is -2.42. The zero-order valence-corrected chi connectivity index (χ0v) is 23.7. The van der Waals surface area contributed by atoms with Crippen LogP contribution in [0.1, 0.15) is 34.6 Å². The predicted octanol–water partition coefficient (Wildman–Crippen LogP) is 9.80. The van der Waals surface area contributed by atoms with E-state index >= 15 is 0 Å². The topological polar surface area (TPSA) is 22.4 Å². The van der Waals surface area contributed by atoms with Crippen LogP contribution in [0.3, 0.4) is 0 Å². The van der Waals surface area contributed by atoms with Gasteiger partial charge in [0.2, 0.25) is 0 Å². The Morgan fingerprint density at radius 1 is 0.575 bits per heavy atom. The summed E-state index contributed by atoms with van der Waals surface area (Å²) in [6.45, 7) is 10.9. The van der Waals surface area contributed by atoms with Crippen LogP contribution in [0.5, 0.6) is 0 Å². The summed E-state index contributed by atoms with van der Waals surface area (Å²) in [5, 5.41) is 9.78. The minimum atomic E-state index is -0.327. The Morgan fingerprint density at radius 2 is 1.30 bits per heavy atom. The van der Waals surface area contributed by atoms with E-state index < -0.39 is 0 Å². The van der Waals surface area contributed by atoms with E-state index in [2.05, 4.69) is 126 Å². The number of benzene rings is 6. The summed E-state index contributed by atoms with van der Waals surface area (Å²) < 4.78 is 12.7. The monoisotopic (exact) mass is 519 g/mol. The van der Waals surface area contributed by atoms with E-state index in [1.165, 1.54) is 43.4 Å². The quantitative estimate of drug-likeness (QED) is 0.171. The van der Waals surface area contributed by atoms with Crippen LogP contribution in [0.25, 0.3) is 65.4 Å². The van der Waals surface area contributed by atoms with Gasteiger partial charge < -0.3 is 9.07 Å². The second-order valence-electron chi connectivity index (χ2n) is 12.4. The molecule has 7 rings (SSSR count). The van der Waals surface area contributed by atoms with Gasteiger partial charge in [0, 0.05) is 10.8 Å². The molecule has 6 aromatic carbocycles. The summed E-state index contributed by atoms with van der Waals surface area (Å²) in [6.07, 6.45) is 0. The molecule has 0 aliphatic rings. The normalized spacial score (nSPS) is 12.7. The van der Waals surface area contributed by atoms with Gasteiger partial charge in [-0.05, 0) is 92.4 Å². The van der Waals surface area contributed by atoms with Crippen molar-refractivity contribution in [3.63, 3.8) is 0 Å². The van der Waals surface area contributed by atoms with Gasteiger partial charge in [0.15, 0.2) is 0 Å².